The summed E-state index contributed by atoms with van der Waals surface area (Å²) in [5.74, 6) is -0.225. The lowest BCUT2D eigenvalue weighted by Crippen LogP contribution is -2.27. The normalized spacial score (nSPS) is 11.2. The minimum atomic E-state index is -4.28. The van der Waals surface area contributed by atoms with E-state index in [9.17, 15) is 18.0 Å². The summed E-state index contributed by atoms with van der Waals surface area (Å²) >= 11 is -0.178. The predicted octanol–water partition coefficient (Wildman–Crippen LogP) is 2.28. The van der Waals surface area contributed by atoms with Crippen LogP contribution in [0.3, 0.4) is 0 Å². The van der Waals surface area contributed by atoms with Gasteiger partial charge >= 0.3 is 5.51 Å². The van der Waals surface area contributed by atoms with Crippen molar-refractivity contribution in [3.63, 3.8) is 0 Å². The van der Waals surface area contributed by atoms with Gasteiger partial charge in [-0.3, -0.25) is 4.79 Å². The zero-order valence-corrected chi connectivity index (χ0v) is 11.6. The van der Waals surface area contributed by atoms with Gasteiger partial charge in [-0.15, -0.1) is 0 Å². The Hall–Kier alpha value is -1.51. The summed E-state index contributed by atoms with van der Waals surface area (Å²) in [6, 6.07) is 0. The lowest BCUT2D eigenvalue weighted by molar-refractivity contribution is -0.0327. The van der Waals surface area contributed by atoms with E-state index in [1.165, 1.54) is 12.4 Å². The second-order valence-corrected chi connectivity index (χ2v) is 4.92. The number of anilines is 1. The number of nitrogens with one attached hydrogen (secondary N) is 2. The van der Waals surface area contributed by atoms with Crippen molar-refractivity contribution in [2.45, 2.75) is 18.9 Å². The van der Waals surface area contributed by atoms with Crippen LogP contribution in [0.1, 0.15) is 23.8 Å². The van der Waals surface area contributed by atoms with Crippen molar-refractivity contribution in [3.05, 3.63) is 18.1 Å². The number of alkyl halides is 3. The number of aromatic nitrogens is 2. The number of halogens is 3. The van der Waals surface area contributed by atoms with Crippen LogP contribution >= 0.6 is 11.8 Å². The Bertz CT molecular complexity index is 425. The van der Waals surface area contributed by atoms with E-state index in [1.807, 2.05) is 6.92 Å². The van der Waals surface area contributed by atoms with Gasteiger partial charge in [0.1, 0.15) is 11.5 Å². The van der Waals surface area contributed by atoms with Gasteiger partial charge < -0.3 is 10.6 Å². The third-order valence-corrected chi connectivity index (χ3v) is 2.83. The van der Waals surface area contributed by atoms with Crippen LogP contribution in [-0.4, -0.2) is 40.2 Å². The SMILES string of the molecule is CCCNc1cnc(C(=O)NCCSC(F)(F)F)cn1. The minimum absolute atomic E-state index is 0.0732. The Kier molecular flexibility index (Phi) is 6.56. The number of amides is 1. The second-order valence-electron chi connectivity index (χ2n) is 3.76. The first-order chi connectivity index (χ1) is 9.42. The summed E-state index contributed by atoms with van der Waals surface area (Å²) in [6.07, 6.45) is 3.63. The van der Waals surface area contributed by atoms with E-state index < -0.39 is 11.4 Å². The smallest absolute Gasteiger partial charge is 0.369 e. The molecular weight excluding hydrogens is 293 g/mol. The maximum atomic E-state index is 11.9. The molecule has 0 aliphatic rings. The summed E-state index contributed by atoms with van der Waals surface area (Å²) in [6.45, 7) is 2.66. The summed E-state index contributed by atoms with van der Waals surface area (Å²) in [5.41, 5.74) is -4.21. The first kappa shape index (κ1) is 16.5. The molecule has 0 radical (unpaired) electrons. The largest absolute Gasteiger partial charge is 0.441 e. The fourth-order valence-electron chi connectivity index (χ4n) is 1.21. The Labute approximate surface area is 118 Å². The van der Waals surface area contributed by atoms with E-state index in [0.29, 0.717) is 5.82 Å². The summed E-state index contributed by atoms with van der Waals surface area (Å²) < 4.78 is 35.6. The van der Waals surface area contributed by atoms with E-state index in [0.717, 1.165) is 13.0 Å². The van der Waals surface area contributed by atoms with Crippen molar-refractivity contribution < 1.29 is 18.0 Å². The average Bonchev–Trinajstić information content (AvgIpc) is 2.40. The predicted molar refractivity (Wildman–Crippen MR) is 71.7 cm³/mol. The van der Waals surface area contributed by atoms with Gasteiger partial charge in [0.2, 0.25) is 0 Å². The van der Waals surface area contributed by atoms with E-state index in [1.54, 1.807) is 0 Å². The molecule has 9 heteroatoms. The Balaban J connectivity index is 2.36. The Morgan fingerprint density at radius 3 is 2.60 bits per heavy atom. The van der Waals surface area contributed by atoms with Gasteiger partial charge in [0.25, 0.3) is 5.91 Å². The fourth-order valence-corrected chi connectivity index (χ4v) is 1.65. The molecule has 0 aromatic carbocycles. The van der Waals surface area contributed by atoms with Gasteiger partial charge in [0, 0.05) is 18.8 Å². The highest BCUT2D eigenvalue weighted by atomic mass is 32.2. The van der Waals surface area contributed by atoms with E-state index in [2.05, 4.69) is 20.6 Å². The molecule has 0 spiro atoms. The Morgan fingerprint density at radius 2 is 2.05 bits per heavy atom. The molecule has 0 aliphatic heterocycles. The number of hydrogen-bond acceptors (Lipinski definition) is 5. The highest BCUT2D eigenvalue weighted by molar-refractivity contribution is 8.00. The fraction of sp³-hybridized carbons (Fsp3) is 0.545. The summed E-state index contributed by atoms with van der Waals surface area (Å²) in [5, 5.41) is 5.35. The first-order valence-electron chi connectivity index (χ1n) is 5.97. The molecule has 0 fully saturated rings. The molecule has 5 nitrogen and oxygen atoms in total. The zero-order chi connectivity index (χ0) is 15.0. The molecule has 20 heavy (non-hydrogen) atoms. The van der Waals surface area contributed by atoms with Gasteiger partial charge in [-0.2, -0.15) is 13.2 Å². The molecule has 0 atom stereocenters. The number of carbonyl (C=O) groups is 1. The maximum absolute atomic E-state index is 11.9. The third-order valence-electron chi connectivity index (χ3n) is 2.09. The lowest BCUT2D eigenvalue weighted by Gasteiger charge is -2.07. The summed E-state index contributed by atoms with van der Waals surface area (Å²) in [4.78, 5) is 19.4. The van der Waals surface area contributed by atoms with Gasteiger partial charge in [0.05, 0.1) is 12.4 Å². The minimum Gasteiger partial charge on any atom is -0.369 e. The standard InChI is InChI=1S/C11H15F3N4OS/c1-2-3-15-9-7-17-8(6-18-9)10(19)16-4-5-20-11(12,13)14/h6-7H,2-5H2,1H3,(H,15,18)(H,16,19). The van der Waals surface area contributed by atoms with Gasteiger partial charge in [-0.05, 0) is 18.2 Å². The molecule has 1 rings (SSSR count). The van der Waals surface area contributed by atoms with Crippen LogP contribution < -0.4 is 10.6 Å². The van der Waals surface area contributed by atoms with Crippen molar-refractivity contribution in [1.29, 1.82) is 0 Å². The third kappa shape index (κ3) is 6.60. The molecule has 1 amide bonds. The van der Waals surface area contributed by atoms with Crippen molar-refractivity contribution >= 4 is 23.5 Å². The number of carbonyl (C=O) groups excluding carboxylic acids is 1. The topological polar surface area (TPSA) is 66.9 Å². The molecule has 0 saturated heterocycles. The number of hydrogen-bond donors (Lipinski definition) is 2. The molecular formula is C11H15F3N4OS. The van der Waals surface area contributed by atoms with Crippen molar-refractivity contribution in [1.82, 2.24) is 15.3 Å². The zero-order valence-electron chi connectivity index (χ0n) is 10.8. The van der Waals surface area contributed by atoms with Crippen LogP contribution in [-0.2, 0) is 0 Å². The molecule has 0 aliphatic carbocycles. The van der Waals surface area contributed by atoms with Crippen LogP contribution in [0.4, 0.5) is 19.0 Å². The van der Waals surface area contributed by atoms with Crippen LogP contribution in [0.15, 0.2) is 12.4 Å². The van der Waals surface area contributed by atoms with Gasteiger partial charge in [0.15, 0.2) is 0 Å². The molecule has 0 bridgehead atoms. The second kappa shape index (κ2) is 7.93. The highest BCUT2D eigenvalue weighted by Crippen LogP contribution is 2.29. The molecule has 0 unspecified atom stereocenters. The van der Waals surface area contributed by atoms with E-state index >= 15 is 0 Å². The number of thioether (sulfide) groups is 1. The summed E-state index contributed by atoms with van der Waals surface area (Å²) in [7, 11) is 0. The first-order valence-corrected chi connectivity index (χ1v) is 6.95. The molecule has 1 aromatic heterocycles. The Morgan fingerprint density at radius 1 is 1.30 bits per heavy atom. The van der Waals surface area contributed by atoms with Crippen LogP contribution in [0, 0.1) is 0 Å². The molecule has 2 N–H and O–H groups in total. The number of rotatable bonds is 7. The van der Waals surface area contributed by atoms with Gasteiger partial charge in [-0.1, -0.05) is 6.92 Å². The van der Waals surface area contributed by atoms with Gasteiger partial charge in [-0.25, -0.2) is 9.97 Å². The number of nitrogens with zero attached hydrogens (tertiary/aromatic N) is 2. The molecule has 1 heterocycles. The molecule has 112 valence electrons. The monoisotopic (exact) mass is 308 g/mol. The highest BCUT2D eigenvalue weighted by Gasteiger charge is 2.27. The van der Waals surface area contributed by atoms with Crippen molar-refractivity contribution in [3.8, 4) is 0 Å². The van der Waals surface area contributed by atoms with E-state index in [4.69, 9.17) is 0 Å². The van der Waals surface area contributed by atoms with Crippen LogP contribution in [0.5, 0.6) is 0 Å². The van der Waals surface area contributed by atoms with Crippen molar-refractivity contribution in [2.75, 3.05) is 24.2 Å². The lowest BCUT2D eigenvalue weighted by atomic mass is 10.4. The average molecular weight is 308 g/mol. The van der Waals surface area contributed by atoms with Crippen LogP contribution in [0.25, 0.3) is 0 Å². The maximum Gasteiger partial charge on any atom is 0.441 e. The van der Waals surface area contributed by atoms with E-state index in [-0.39, 0.29) is 29.8 Å². The van der Waals surface area contributed by atoms with Crippen LogP contribution in [0.2, 0.25) is 0 Å². The quantitative estimate of drug-likeness (QED) is 0.757. The molecule has 0 saturated carbocycles. The van der Waals surface area contributed by atoms with Crippen molar-refractivity contribution in [2.24, 2.45) is 0 Å². The molecule has 1 aromatic rings.